The molecule has 0 saturated heterocycles. The maximum absolute atomic E-state index is 2.32. The van der Waals surface area contributed by atoms with Crippen LogP contribution in [0, 0.1) is 10.4 Å². The summed E-state index contributed by atoms with van der Waals surface area (Å²) in [5.74, 6) is 0. The number of benzene rings is 2. The average molecular weight is 363 g/mol. The molecular formula is C21H19Zr. The van der Waals surface area contributed by atoms with Crippen LogP contribution >= 0.6 is 0 Å². The van der Waals surface area contributed by atoms with Crippen LogP contribution in [0.5, 0.6) is 0 Å². The molecule has 0 spiro atoms. The van der Waals surface area contributed by atoms with Gasteiger partial charge in [0, 0.05) is 0 Å². The van der Waals surface area contributed by atoms with E-state index in [2.05, 4.69) is 68.5 Å². The molecule has 0 fully saturated rings. The molecule has 0 bridgehead atoms. The van der Waals surface area contributed by atoms with Crippen LogP contribution in [0.25, 0.3) is 14.4 Å². The zero-order valence-corrected chi connectivity index (χ0v) is 15.4. The van der Waals surface area contributed by atoms with E-state index in [-0.39, 0.29) is 2.85 Å². The maximum atomic E-state index is 2.32. The molecule has 0 unspecified atom stereocenters. The largest absolute Gasteiger partial charge is 1.00 e. The van der Waals surface area contributed by atoms with Crippen LogP contribution < -0.4 is 10.4 Å². The molecule has 0 radical (unpaired) electrons. The van der Waals surface area contributed by atoms with Crippen molar-refractivity contribution < 1.29 is 27.6 Å². The van der Waals surface area contributed by atoms with E-state index in [1.807, 2.05) is 0 Å². The smallest absolute Gasteiger partial charge is 1.00 e. The van der Waals surface area contributed by atoms with E-state index in [4.69, 9.17) is 0 Å². The van der Waals surface area contributed by atoms with Gasteiger partial charge in [-0.05, 0) is 0 Å². The topological polar surface area (TPSA) is 0 Å². The Hall–Kier alpha value is -1.46. The molecule has 0 aliphatic heterocycles. The first kappa shape index (κ1) is 14.2. The van der Waals surface area contributed by atoms with E-state index in [1.165, 1.54) is 71.1 Å². The Morgan fingerprint density at radius 3 is 2.41 bits per heavy atom. The van der Waals surface area contributed by atoms with Gasteiger partial charge in [0.15, 0.2) is 0 Å². The first-order valence-corrected chi connectivity index (χ1v) is 8.93. The van der Waals surface area contributed by atoms with Crippen molar-refractivity contribution >= 4 is 14.4 Å². The Balaban J connectivity index is 0.00000104. The van der Waals surface area contributed by atoms with Crippen LogP contribution in [0.15, 0.2) is 54.6 Å². The van der Waals surface area contributed by atoms with Crippen LogP contribution in [0.2, 0.25) is 0 Å². The molecule has 0 nitrogen and oxygen atoms in total. The SMILES string of the molecule is CC(C)=c1ccc2c(c1C1=CC=CC1)[C]([Zr+2])=c1ccccc1=2.[H-].[H-]. The second kappa shape index (κ2) is 5.32. The molecule has 0 heterocycles. The van der Waals surface area contributed by atoms with E-state index in [0.29, 0.717) is 0 Å². The molecule has 0 amide bonds. The summed E-state index contributed by atoms with van der Waals surface area (Å²) in [5.41, 5.74) is 5.80. The molecule has 0 aromatic heterocycles. The fourth-order valence-electron chi connectivity index (χ4n) is 3.54. The fourth-order valence-corrected chi connectivity index (χ4v) is 4.71. The summed E-state index contributed by atoms with van der Waals surface area (Å²) in [6, 6.07) is 13.5. The standard InChI is InChI=1S/C21H17.Zr.2H/c1-14(2)17-11-12-19-18-10-6-5-9-16(18)13-20(19)21(17)15-7-3-4-8-15;;;/h3-7,9-12H,8H2,1-2H3;;;/q;+2;2*-1. The summed E-state index contributed by atoms with van der Waals surface area (Å²) >= 11 is 1.50. The molecule has 2 aliphatic carbocycles. The Morgan fingerprint density at radius 1 is 0.955 bits per heavy atom. The van der Waals surface area contributed by atoms with Crippen molar-refractivity contribution in [2.75, 3.05) is 0 Å². The summed E-state index contributed by atoms with van der Waals surface area (Å²) in [6.07, 6.45) is 7.79. The van der Waals surface area contributed by atoms with Crippen molar-refractivity contribution in [1.82, 2.24) is 0 Å². The maximum Gasteiger partial charge on any atom is -1.00 e. The number of allylic oxidation sites excluding steroid dienone is 4. The predicted molar refractivity (Wildman–Crippen MR) is 91.0 cm³/mol. The van der Waals surface area contributed by atoms with Gasteiger partial charge in [0.1, 0.15) is 0 Å². The monoisotopic (exact) mass is 361 g/mol. The molecule has 2 aromatic rings. The van der Waals surface area contributed by atoms with Gasteiger partial charge in [0.05, 0.1) is 0 Å². The third-order valence-electron chi connectivity index (χ3n) is 4.57. The fraction of sp³-hybridized carbons (Fsp3) is 0.143. The van der Waals surface area contributed by atoms with Crippen LogP contribution in [-0.2, 0) is 24.7 Å². The molecule has 0 saturated carbocycles. The Kier molecular flexibility index (Phi) is 3.42. The van der Waals surface area contributed by atoms with Gasteiger partial charge in [-0.25, -0.2) is 0 Å². The molecule has 22 heavy (non-hydrogen) atoms. The molecule has 4 rings (SSSR count). The van der Waals surface area contributed by atoms with Gasteiger partial charge in [0.2, 0.25) is 0 Å². The molecule has 0 N–H and O–H groups in total. The Labute approximate surface area is 148 Å². The van der Waals surface area contributed by atoms with Gasteiger partial charge in [-0.2, -0.15) is 0 Å². The van der Waals surface area contributed by atoms with Crippen molar-refractivity contribution in [3.8, 4) is 0 Å². The van der Waals surface area contributed by atoms with Crippen LogP contribution in [0.1, 0.15) is 34.2 Å². The van der Waals surface area contributed by atoms with Gasteiger partial charge in [-0.1, -0.05) is 0 Å². The van der Waals surface area contributed by atoms with Gasteiger partial charge in [-0.15, -0.1) is 0 Å². The molecule has 2 aromatic carbocycles. The first-order valence-electron chi connectivity index (χ1n) is 7.71. The summed E-state index contributed by atoms with van der Waals surface area (Å²) in [4.78, 5) is 0. The number of hydrogen-bond acceptors (Lipinski definition) is 0. The van der Waals surface area contributed by atoms with E-state index < -0.39 is 0 Å². The number of rotatable bonds is 1. The van der Waals surface area contributed by atoms with Crippen molar-refractivity contribution in [2.45, 2.75) is 20.3 Å². The minimum absolute atomic E-state index is 0. The molecule has 1 heteroatoms. The van der Waals surface area contributed by atoms with Gasteiger partial charge >= 0.3 is 146 Å². The van der Waals surface area contributed by atoms with E-state index in [1.54, 1.807) is 0 Å². The molecule has 107 valence electrons. The van der Waals surface area contributed by atoms with E-state index in [9.17, 15) is 0 Å². The van der Waals surface area contributed by atoms with Crippen LogP contribution in [-0.4, -0.2) is 0 Å². The van der Waals surface area contributed by atoms with Gasteiger partial charge in [-0.3, -0.25) is 0 Å². The predicted octanol–water partition coefficient (Wildman–Crippen LogP) is 3.75. The zero-order valence-electron chi connectivity index (χ0n) is 14.9. The van der Waals surface area contributed by atoms with E-state index >= 15 is 0 Å². The average Bonchev–Trinajstić information content (AvgIpc) is 3.15. The molecule has 2 aliphatic rings. The van der Waals surface area contributed by atoms with E-state index in [0.717, 1.165) is 6.42 Å². The third-order valence-corrected chi connectivity index (χ3v) is 5.85. The van der Waals surface area contributed by atoms with Crippen molar-refractivity contribution in [3.63, 3.8) is 0 Å². The second-order valence-electron chi connectivity index (χ2n) is 6.16. The minimum atomic E-state index is 0. The minimum Gasteiger partial charge on any atom is -1.00 e. The summed E-state index contributed by atoms with van der Waals surface area (Å²) in [7, 11) is 0. The van der Waals surface area contributed by atoms with Gasteiger partial charge in [0.25, 0.3) is 0 Å². The van der Waals surface area contributed by atoms with Crippen LogP contribution in [0.4, 0.5) is 0 Å². The number of hydrogen-bond donors (Lipinski definition) is 0. The van der Waals surface area contributed by atoms with Crippen molar-refractivity contribution in [3.05, 3.63) is 86.6 Å². The quantitative estimate of drug-likeness (QED) is 0.725. The van der Waals surface area contributed by atoms with Crippen molar-refractivity contribution in [1.29, 1.82) is 0 Å². The zero-order chi connectivity index (χ0) is 15.3. The summed E-state index contributed by atoms with van der Waals surface area (Å²) in [6.45, 7) is 4.44. The normalized spacial score (nSPS) is 14.9. The first-order chi connectivity index (χ1) is 10.7. The second-order valence-corrected chi connectivity index (χ2v) is 7.38. The summed E-state index contributed by atoms with van der Waals surface area (Å²) < 4.78 is 1.50. The third kappa shape index (κ3) is 1.99. The summed E-state index contributed by atoms with van der Waals surface area (Å²) in [5, 5.41) is 5.64. The van der Waals surface area contributed by atoms with Gasteiger partial charge < -0.3 is 2.85 Å². The van der Waals surface area contributed by atoms with Crippen molar-refractivity contribution in [2.24, 2.45) is 0 Å². The number of fused-ring (bicyclic) bond motifs is 2. The Bertz CT molecular complexity index is 1070. The molecule has 0 atom stereocenters. The van der Waals surface area contributed by atoms with Crippen LogP contribution in [0.3, 0.4) is 0 Å². The Morgan fingerprint density at radius 2 is 1.73 bits per heavy atom. The molecular weight excluding hydrogens is 343 g/mol.